The van der Waals surface area contributed by atoms with Gasteiger partial charge in [-0.05, 0) is 12.8 Å². The Bertz CT molecular complexity index is 756. The molecule has 0 aliphatic heterocycles. The Labute approximate surface area is 124 Å². The fourth-order valence-electron chi connectivity index (χ4n) is 2.75. The number of aromatic nitrogens is 2. The first-order valence-electron chi connectivity index (χ1n) is 7.33. The van der Waals surface area contributed by atoms with E-state index in [1.165, 1.54) is 12.8 Å². The molecule has 3 nitrogen and oxygen atoms in total. The summed E-state index contributed by atoms with van der Waals surface area (Å²) >= 11 is 0. The molecular weight excluding hydrogens is 258 g/mol. The highest BCUT2D eigenvalue weighted by atomic mass is 15.2. The molecule has 0 atom stereocenters. The third-order valence-corrected chi connectivity index (χ3v) is 3.94. The molecule has 0 bridgehead atoms. The number of nitrogens with two attached hydrogens (primary N) is 1. The third-order valence-electron chi connectivity index (χ3n) is 3.94. The van der Waals surface area contributed by atoms with Gasteiger partial charge < -0.3 is 10.3 Å². The van der Waals surface area contributed by atoms with E-state index in [9.17, 15) is 0 Å². The van der Waals surface area contributed by atoms with E-state index in [1.807, 2.05) is 36.4 Å². The van der Waals surface area contributed by atoms with Gasteiger partial charge in [0.2, 0.25) is 0 Å². The summed E-state index contributed by atoms with van der Waals surface area (Å²) in [6.07, 6.45) is 2.38. The second kappa shape index (κ2) is 4.77. The van der Waals surface area contributed by atoms with E-state index in [-0.39, 0.29) is 0 Å². The highest BCUT2D eigenvalue weighted by molar-refractivity contribution is 5.75. The Balaban J connectivity index is 1.91. The summed E-state index contributed by atoms with van der Waals surface area (Å²) in [6, 6.07) is 21.0. The van der Waals surface area contributed by atoms with Crippen molar-refractivity contribution >= 4 is 5.82 Å². The van der Waals surface area contributed by atoms with E-state index in [2.05, 4.69) is 28.8 Å². The average molecular weight is 275 g/mol. The van der Waals surface area contributed by atoms with Crippen LogP contribution < -0.4 is 5.73 Å². The molecule has 0 spiro atoms. The van der Waals surface area contributed by atoms with Crippen LogP contribution in [0, 0.1) is 0 Å². The quantitative estimate of drug-likeness (QED) is 0.781. The summed E-state index contributed by atoms with van der Waals surface area (Å²) in [7, 11) is 0. The van der Waals surface area contributed by atoms with Gasteiger partial charge in [0, 0.05) is 17.2 Å². The minimum absolute atomic E-state index is 0.505. The molecular formula is C18H17N3. The van der Waals surface area contributed by atoms with Gasteiger partial charge >= 0.3 is 0 Å². The molecule has 2 aromatic carbocycles. The van der Waals surface area contributed by atoms with Crippen molar-refractivity contribution in [3.05, 3.63) is 60.7 Å². The number of benzene rings is 2. The zero-order valence-electron chi connectivity index (χ0n) is 11.7. The van der Waals surface area contributed by atoms with Crippen LogP contribution in [0.5, 0.6) is 0 Å². The van der Waals surface area contributed by atoms with E-state index in [1.54, 1.807) is 0 Å². The van der Waals surface area contributed by atoms with E-state index < -0.39 is 0 Å². The first-order valence-corrected chi connectivity index (χ1v) is 7.33. The molecule has 3 aromatic rings. The maximum absolute atomic E-state index is 6.41. The summed E-state index contributed by atoms with van der Waals surface area (Å²) in [5, 5.41) is 0. The summed E-state index contributed by atoms with van der Waals surface area (Å²) in [4.78, 5) is 4.85. The van der Waals surface area contributed by atoms with Crippen molar-refractivity contribution in [1.82, 2.24) is 9.55 Å². The largest absolute Gasteiger partial charge is 0.383 e. The molecule has 1 aliphatic rings. The van der Waals surface area contributed by atoms with Crippen molar-refractivity contribution < 1.29 is 0 Å². The average Bonchev–Trinajstić information content (AvgIpc) is 3.32. The molecule has 0 unspecified atom stereocenters. The van der Waals surface area contributed by atoms with Gasteiger partial charge in [-0.2, -0.15) is 0 Å². The Hall–Kier alpha value is -2.55. The molecule has 3 heteroatoms. The number of hydrogen-bond acceptors (Lipinski definition) is 2. The van der Waals surface area contributed by atoms with Gasteiger partial charge in [0.1, 0.15) is 17.3 Å². The van der Waals surface area contributed by atoms with Crippen LogP contribution in [0.4, 0.5) is 5.82 Å². The SMILES string of the molecule is Nc1c(-c2ccccc2)nc(-c2ccccc2)n1C1CC1. The molecule has 0 saturated heterocycles. The maximum atomic E-state index is 6.41. The van der Waals surface area contributed by atoms with Crippen molar-refractivity contribution in [1.29, 1.82) is 0 Å². The van der Waals surface area contributed by atoms with Crippen molar-refractivity contribution in [3.63, 3.8) is 0 Å². The zero-order valence-corrected chi connectivity index (χ0v) is 11.7. The van der Waals surface area contributed by atoms with Crippen molar-refractivity contribution in [2.45, 2.75) is 18.9 Å². The number of nitrogen functional groups attached to an aromatic ring is 1. The zero-order chi connectivity index (χ0) is 14.2. The first-order chi connectivity index (χ1) is 10.3. The molecule has 0 amide bonds. The molecule has 1 aromatic heterocycles. The van der Waals surface area contributed by atoms with E-state index >= 15 is 0 Å². The highest BCUT2D eigenvalue weighted by Crippen LogP contribution is 2.43. The Morgan fingerprint density at radius 2 is 1.43 bits per heavy atom. The summed E-state index contributed by atoms with van der Waals surface area (Å²) in [6.45, 7) is 0. The molecule has 4 rings (SSSR count). The second-order valence-corrected chi connectivity index (χ2v) is 5.50. The number of nitrogens with zero attached hydrogens (tertiary/aromatic N) is 2. The Morgan fingerprint density at radius 1 is 0.857 bits per heavy atom. The normalized spacial score (nSPS) is 14.3. The summed E-state index contributed by atoms with van der Waals surface area (Å²) < 4.78 is 2.21. The number of anilines is 1. The van der Waals surface area contributed by atoms with Crippen LogP contribution in [0.2, 0.25) is 0 Å². The van der Waals surface area contributed by atoms with E-state index in [0.29, 0.717) is 6.04 Å². The lowest BCUT2D eigenvalue weighted by molar-refractivity contribution is 0.760. The number of imidazole rings is 1. The van der Waals surface area contributed by atoms with Gasteiger partial charge in [-0.25, -0.2) is 4.98 Å². The van der Waals surface area contributed by atoms with Gasteiger partial charge in [0.15, 0.2) is 0 Å². The molecule has 2 N–H and O–H groups in total. The van der Waals surface area contributed by atoms with Gasteiger partial charge in [-0.15, -0.1) is 0 Å². The fourth-order valence-corrected chi connectivity index (χ4v) is 2.75. The monoisotopic (exact) mass is 275 g/mol. The predicted octanol–water partition coefficient (Wildman–Crippen LogP) is 4.13. The smallest absolute Gasteiger partial charge is 0.142 e. The highest BCUT2D eigenvalue weighted by Gasteiger charge is 2.30. The minimum atomic E-state index is 0.505. The summed E-state index contributed by atoms with van der Waals surface area (Å²) in [5.41, 5.74) is 9.50. The lowest BCUT2D eigenvalue weighted by Crippen LogP contribution is -2.02. The second-order valence-electron chi connectivity index (χ2n) is 5.50. The molecule has 104 valence electrons. The van der Waals surface area contributed by atoms with Crippen LogP contribution in [0.3, 0.4) is 0 Å². The van der Waals surface area contributed by atoms with Crippen LogP contribution in [0.1, 0.15) is 18.9 Å². The molecule has 21 heavy (non-hydrogen) atoms. The van der Waals surface area contributed by atoms with E-state index in [0.717, 1.165) is 28.5 Å². The van der Waals surface area contributed by atoms with Crippen molar-refractivity contribution in [2.75, 3.05) is 5.73 Å². The van der Waals surface area contributed by atoms with Crippen molar-refractivity contribution in [2.24, 2.45) is 0 Å². The molecule has 1 aliphatic carbocycles. The molecule has 0 radical (unpaired) electrons. The van der Waals surface area contributed by atoms with Gasteiger partial charge in [0.05, 0.1) is 0 Å². The molecule has 1 fully saturated rings. The fraction of sp³-hybridized carbons (Fsp3) is 0.167. The number of hydrogen-bond donors (Lipinski definition) is 1. The Morgan fingerprint density at radius 3 is 2.00 bits per heavy atom. The maximum Gasteiger partial charge on any atom is 0.142 e. The topological polar surface area (TPSA) is 43.8 Å². The summed E-state index contributed by atoms with van der Waals surface area (Å²) in [5.74, 6) is 1.76. The van der Waals surface area contributed by atoms with Gasteiger partial charge in [0.25, 0.3) is 0 Å². The van der Waals surface area contributed by atoms with Crippen LogP contribution >= 0.6 is 0 Å². The standard InChI is InChI=1S/C18H17N3/c19-17-16(13-7-3-1-4-8-13)20-18(21(17)15-11-12-15)14-9-5-2-6-10-14/h1-10,15H,11-12,19H2. The lowest BCUT2D eigenvalue weighted by atomic mass is 10.1. The first kappa shape index (κ1) is 12.2. The lowest BCUT2D eigenvalue weighted by Gasteiger charge is -2.08. The van der Waals surface area contributed by atoms with Crippen LogP contribution in [-0.2, 0) is 0 Å². The van der Waals surface area contributed by atoms with Crippen LogP contribution in [-0.4, -0.2) is 9.55 Å². The number of rotatable bonds is 3. The predicted molar refractivity (Wildman–Crippen MR) is 85.8 cm³/mol. The van der Waals surface area contributed by atoms with E-state index in [4.69, 9.17) is 10.7 Å². The van der Waals surface area contributed by atoms with Crippen LogP contribution in [0.25, 0.3) is 22.6 Å². The van der Waals surface area contributed by atoms with Gasteiger partial charge in [-0.3, -0.25) is 0 Å². The molecule has 1 saturated carbocycles. The Kier molecular flexibility index (Phi) is 2.78. The van der Waals surface area contributed by atoms with Crippen LogP contribution in [0.15, 0.2) is 60.7 Å². The third kappa shape index (κ3) is 2.11. The molecule has 1 heterocycles. The minimum Gasteiger partial charge on any atom is -0.383 e. The van der Waals surface area contributed by atoms with Crippen molar-refractivity contribution in [3.8, 4) is 22.6 Å². The van der Waals surface area contributed by atoms with Gasteiger partial charge in [-0.1, -0.05) is 60.7 Å².